The third-order valence-corrected chi connectivity index (χ3v) is 11.1. The van der Waals surface area contributed by atoms with Crippen LogP contribution in [0.5, 0.6) is 0 Å². The van der Waals surface area contributed by atoms with Crippen LogP contribution in [0.4, 0.5) is 0 Å². The minimum Gasteiger partial charge on any atom is -0.456 e. The van der Waals surface area contributed by atoms with Gasteiger partial charge >= 0.3 is 0 Å². The number of para-hydroxylation sites is 1. The molecule has 56 heavy (non-hydrogen) atoms. The molecule has 2 nitrogen and oxygen atoms in total. The SMILES string of the molecule is [2H]c1c([2H])c([2H])c2c(-c3ccc4cc(-c5ccc6c(c5)oc5ccc7oc8ccccc8c7c56)ccc4c3)c3c([2H])c([2H])c([2H])c([2H])c3c(-c3cccc(-c4ccccc4)c3)c2c1[2H]. The van der Waals surface area contributed by atoms with Gasteiger partial charge in [0.05, 0.1) is 11.0 Å². The molecule has 0 saturated heterocycles. The van der Waals surface area contributed by atoms with Crippen molar-refractivity contribution < 1.29 is 19.8 Å². The molecule has 0 fully saturated rings. The molecule has 0 amide bonds. The fraction of sp³-hybridized carbons (Fsp3) is 0. The van der Waals surface area contributed by atoms with Gasteiger partial charge in [0.2, 0.25) is 0 Å². The molecule has 260 valence electrons. The second-order valence-electron chi connectivity index (χ2n) is 14.2. The highest BCUT2D eigenvalue weighted by Gasteiger charge is 2.19. The van der Waals surface area contributed by atoms with Gasteiger partial charge in [0.25, 0.3) is 0 Å². The predicted octanol–water partition coefficient (Wildman–Crippen LogP) is 15.6. The van der Waals surface area contributed by atoms with E-state index in [4.69, 9.17) is 14.3 Å². The molecule has 2 aromatic heterocycles. The number of hydrogen-bond acceptors (Lipinski definition) is 2. The zero-order valence-electron chi connectivity index (χ0n) is 37.7. The summed E-state index contributed by atoms with van der Waals surface area (Å²) in [5.74, 6) is 0. The summed E-state index contributed by atoms with van der Waals surface area (Å²) >= 11 is 0. The van der Waals surface area contributed by atoms with Gasteiger partial charge in [-0.3, -0.25) is 0 Å². The van der Waals surface area contributed by atoms with Crippen LogP contribution >= 0.6 is 0 Å². The lowest BCUT2D eigenvalue weighted by molar-refractivity contribution is 0.663. The van der Waals surface area contributed by atoms with Gasteiger partial charge in [-0.25, -0.2) is 0 Å². The fourth-order valence-electron chi connectivity index (χ4n) is 8.53. The maximum Gasteiger partial charge on any atom is 0.136 e. The fourth-order valence-corrected chi connectivity index (χ4v) is 8.53. The monoisotopic (exact) mass is 720 g/mol. The molecule has 0 aliphatic heterocycles. The van der Waals surface area contributed by atoms with Crippen molar-refractivity contribution in [2.75, 3.05) is 0 Å². The lowest BCUT2D eigenvalue weighted by atomic mass is 9.85. The molecule has 0 saturated carbocycles. The van der Waals surface area contributed by atoms with Crippen LogP contribution in [-0.4, -0.2) is 0 Å². The highest BCUT2D eigenvalue weighted by Crippen LogP contribution is 2.45. The Morgan fingerprint density at radius 1 is 0.304 bits per heavy atom. The first-order valence-electron chi connectivity index (χ1n) is 22.5. The van der Waals surface area contributed by atoms with Gasteiger partial charge in [-0.15, -0.1) is 0 Å². The van der Waals surface area contributed by atoms with E-state index in [9.17, 15) is 5.48 Å². The van der Waals surface area contributed by atoms with Gasteiger partial charge in [0, 0.05) is 21.5 Å². The van der Waals surface area contributed by atoms with Crippen LogP contribution in [0.15, 0.2) is 203 Å². The van der Waals surface area contributed by atoms with Gasteiger partial charge in [-0.05, 0) is 125 Å². The Morgan fingerprint density at radius 2 is 0.786 bits per heavy atom. The second-order valence-corrected chi connectivity index (χ2v) is 14.2. The van der Waals surface area contributed by atoms with Gasteiger partial charge < -0.3 is 8.83 Å². The molecule has 2 heterocycles. The molecule has 12 rings (SSSR count). The third kappa shape index (κ3) is 4.69. The summed E-state index contributed by atoms with van der Waals surface area (Å²) < 4.78 is 85.5. The largest absolute Gasteiger partial charge is 0.456 e. The number of rotatable bonds is 4. The molecule has 0 N–H and O–H groups in total. The van der Waals surface area contributed by atoms with Crippen LogP contribution in [0.1, 0.15) is 11.0 Å². The molecule has 10 aromatic carbocycles. The lowest BCUT2D eigenvalue weighted by Crippen LogP contribution is -1.91. The van der Waals surface area contributed by atoms with Crippen molar-refractivity contribution in [3.8, 4) is 44.5 Å². The lowest BCUT2D eigenvalue weighted by Gasteiger charge is -2.18. The van der Waals surface area contributed by atoms with Crippen LogP contribution in [0.3, 0.4) is 0 Å². The highest BCUT2D eigenvalue weighted by molar-refractivity contribution is 6.26. The van der Waals surface area contributed by atoms with E-state index in [2.05, 4.69) is 30.3 Å². The molecule has 2 heteroatoms. The van der Waals surface area contributed by atoms with E-state index in [0.29, 0.717) is 22.3 Å². The summed E-state index contributed by atoms with van der Waals surface area (Å²) in [5.41, 5.74) is 8.61. The number of hydrogen-bond donors (Lipinski definition) is 0. The number of furan rings is 2. The first kappa shape index (κ1) is 24.1. The molecule has 0 bridgehead atoms. The van der Waals surface area contributed by atoms with Crippen molar-refractivity contribution in [3.63, 3.8) is 0 Å². The Labute approximate surface area is 333 Å². The summed E-state index contributed by atoms with van der Waals surface area (Å²) in [7, 11) is 0. The molecule has 0 aliphatic rings. The zero-order valence-corrected chi connectivity index (χ0v) is 29.7. The van der Waals surface area contributed by atoms with Crippen molar-refractivity contribution in [2.24, 2.45) is 0 Å². The summed E-state index contributed by atoms with van der Waals surface area (Å²) in [4.78, 5) is 0. The Balaban J connectivity index is 1.07. The summed E-state index contributed by atoms with van der Waals surface area (Å²) in [6.45, 7) is 0. The third-order valence-electron chi connectivity index (χ3n) is 11.1. The predicted molar refractivity (Wildman–Crippen MR) is 235 cm³/mol. The molecule has 0 aliphatic carbocycles. The van der Waals surface area contributed by atoms with E-state index in [1.54, 1.807) is 0 Å². The van der Waals surface area contributed by atoms with Crippen LogP contribution in [0.25, 0.3) is 121 Å². The molecule has 0 unspecified atom stereocenters. The molecule has 0 spiro atoms. The van der Waals surface area contributed by atoms with Crippen LogP contribution in [-0.2, 0) is 0 Å². The van der Waals surface area contributed by atoms with E-state index in [1.807, 2.05) is 115 Å². The maximum atomic E-state index is 9.40. The van der Waals surface area contributed by atoms with Gasteiger partial charge in [0.1, 0.15) is 22.3 Å². The summed E-state index contributed by atoms with van der Waals surface area (Å²) in [5, 5.41) is 6.54. The topological polar surface area (TPSA) is 26.3 Å². The van der Waals surface area contributed by atoms with E-state index in [1.165, 1.54) is 0 Å². The quantitative estimate of drug-likeness (QED) is 0.169. The van der Waals surface area contributed by atoms with Crippen molar-refractivity contribution in [1.82, 2.24) is 0 Å². The minimum absolute atomic E-state index is 0.180. The average molecular weight is 721 g/mol. The van der Waals surface area contributed by atoms with E-state index < -0.39 is 24.2 Å². The van der Waals surface area contributed by atoms with Gasteiger partial charge in [-0.2, -0.15) is 0 Å². The Morgan fingerprint density at radius 3 is 1.48 bits per heavy atom. The van der Waals surface area contributed by atoms with Crippen LogP contribution < -0.4 is 0 Å². The Hall–Kier alpha value is -7.42. The van der Waals surface area contributed by atoms with Crippen LogP contribution in [0, 0.1) is 0 Å². The van der Waals surface area contributed by atoms with E-state index >= 15 is 0 Å². The number of fused-ring (bicyclic) bond motifs is 10. The summed E-state index contributed by atoms with van der Waals surface area (Å²) in [6.07, 6.45) is 0. The number of benzene rings is 10. The van der Waals surface area contributed by atoms with Gasteiger partial charge in [0.15, 0.2) is 0 Å². The first-order chi connectivity index (χ1) is 31.1. The highest BCUT2D eigenvalue weighted by atomic mass is 16.3. The normalized spacial score (nSPS) is 13.9. The average Bonchev–Trinajstić information content (AvgIpc) is 3.90. The van der Waals surface area contributed by atoms with E-state index in [0.717, 1.165) is 76.9 Å². The second kappa shape index (κ2) is 12.0. The molecular weight excluding hydrogens is 681 g/mol. The van der Waals surface area contributed by atoms with Crippen molar-refractivity contribution in [3.05, 3.63) is 194 Å². The van der Waals surface area contributed by atoms with Crippen molar-refractivity contribution in [1.29, 1.82) is 0 Å². The Kier molecular flexibility index (Phi) is 5.18. The van der Waals surface area contributed by atoms with Crippen LogP contribution in [0.2, 0.25) is 0 Å². The zero-order chi connectivity index (χ0) is 43.7. The molecular formula is C54H32O2. The minimum atomic E-state index is -0.433. The van der Waals surface area contributed by atoms with Gasteiger partial charge in [-0.1, -0.05) is 145 Å². The smallest absolute Gasteiger partial charge is 0.136 e. The Bertz CT molecular complexity index is 3920. The molecule has 0 radical (unpaired) electrons. The summed E-state index contributed by atoms with van der Waals surface area (Å²) in [6, 6.07) is 44.3. The molecule has 0 atom stereocenters. The van der Waals surface area contributed by atoms with E-state index in [-0.39, 0.29) is 45.7 Å². The van der Waals surface area contributed by atoms with Crippen molar-refractivity contribution in [2.45, 2.75) is 0 Å². The molecule has 12 aromatic rings. The maximum absolute atomic E-state index is 9.40. The van der Waals surface area contributed by atoms with Crippen molar-refractivity contribution >= 4 is 76.2 Å². The standard InChI is InChI=1S/C54H32O2/c1-2-11-33(12-3-1)34-13-10-14-39(30-34)51-41-15-4-6-17-43(41)52(44-18-7-5-16-42(44)51)40-24-23-35-29-36(21-22-37(35)31-40)38-25-26-46-50(32-38)56-49-28-27-48-53(54(46)49)45-19-8-9-20-47(45)55-48/h1-32H/i4D,5D,6D,7D,15D,16D,17D,18D. The first-order valence-corrected chi connectivity index (χ1v) is 18.5.